The van der Waals surface area contributed by atoms with Crippen molar-refractivity contribution in [3.8, 4) is 0 Å². The number of piperazine rings is 1. The highest BCUT2D eigenvalue weighted by molar-refractivity contribution is 6.04. The van der Waals surface area contributed by atoms with Crippen LogP contribution in [0.15, 0.2) is 36.7 Å². The fraction of sp³-hybridized carbons (Fsp3) is 0.353. The van der Waals surface area contributed by atoms with Gasteiger partial charge in [0, 0.05) is 31.7 Å². The molecule has 1 saturated heterocycles. The summed E-state index contributed by atoms with van der Waals surface area (Å²) in [4.78, 5) is 25.3. The zero-order valence-corrected chi connectivity index (χ0v) is 13.5. The molecule has 0 saturated carbocycles. The summed E-state index contributed by atoms with van der Waals surface area (Å²) >= 11 is 0. The van der Waals surface area contributed by atoms with Gasteiger partial charge < -0.3 is 15.1 Å². The van der Waals surface area contributed by atoms with Crippen LogP contribution in [0.3, 0.4) is 0 Å². The average Bonchev–Trinajstić information content (AvgIpc) is 2.57. The molecule has 0 radical (unpaired) electrons. The average molecular weight is 311 g/mol. The summed E-state index contributed by atoms with van der Waals surface area (Å²) in [6, 6.07) is 7.46. The second kappa shape index (κ2) is 6.75. The monoisotopic (exact) mass is 311 g/mol. The number of nitrogens with zero attached hydrogens (tertiary/aromatic N) is 4. The van der Waals surface area contributed by atoms with Gasteiger partial charge in [0.05, 0.1) is 18.1 Å². The standard InChI is InChI=1S/C17H21N5O/c1-13-3-5-14(6-4-13)16(23)20-15-11-18-17(19-12-15)22-9-7-21(2)8-10-22/h3-6,11-12H,7-10H2,1-2H3,(H,20,23). The Labute approximate surface area is 136 Å². The first-order valence-corrected chi connectivity index (χ1v) is 7.75. The number of benzene rings is 1. The van der Waals surface area contributed by atoms with E-state index in [2.05, 4.69) is 32.1 Å². The minimum absolute atomic E-state index is 0.152. The van der Waals surface area contributed by atoms with Gasteiger partial charge in [0.25, 0.3) is 5.91 Å². The Kier molecular flexibility index (Phi) is 4.52. The first-order valence-electron chi connectivity index (χ1n) is 7.75. The summed E-state index contributed by atoms with van der Waals surface area (Å²) < 4.78 is 0. The number of hydrogen-bond donors (Lipinski definition) is 1. The molecule has 2 aromatic rings. The van der Waals surface area contributed by atoms with Crippen molar-refractivity contribution >= 4 is 17.5 Å². The first-order chi connectivity index (χ1) is 11.1. The molecule has 1 fully saturated rings. The van der Waals surface area contributed by atoms with Gasteiger partial charge in [-0.1, -0.05) is 17.7 Å². The van der Waals surface area contributed by atoms with E-state index in [1.165, 1.54) is 0 Å². The number of hydrogen-bond acceptors (Lipinski definition) is 5. The zero-order chi connectivity index (χ0) is 16.2. The highest BCUT2D eigenvalue weighted by Crippen LogP contribution is 2.13. The fourth-order valence-corrected chi connectivity index (χ4v) is 2.46. The van der Waals surface area contributed by atoms with Gasteiger partial charge in [-0.2, -0.15) is 0 Å². The van der Waals surface area contributed by atoms with Crippen LogP contribution in [0.2, 0.25) is 0 Å². The zero-order valence-electron chi connectivity index (χ0n) is 13.5. The van der Waals surface area contributed by atoms with Crippen LogP contribution >= 0.6 is 0 Å². The van der Waals surface area contributed by atoms with E-state index in [0.29, 0.717) is 17.2 Å². The minimum Gasteiger partial charge on any atom is -0.338 e. The highest BCUT2D eigenvalue weighted by Gasteiger charge is 2.16. The van der Waals surface area contributed by atoms with Crippen molar-refractivity contribution in [2.45, 2.75) is 6.92 Å². The van der Waals surface area contributed by atoms with Gasteiger partial charge in [0.2, 0.25) is 5.95 Å². The molecule has 1 aromatic heterocycles. The Balaban J connectivity index is 1.63. The lowest BCUT2D eigenvalue weighted by Crippen LogP contribution is -2.45. The molecule has 0 spiro atoms. The molecule has 2 heterocycles. The van der Waals surface area contributed by atoms with E-state index in [4.69, 9.17) is 0 Å². The van der Waals surface area contributed by atoms with Gasteiger partial charge in [0.1, 0.15) is 0 Å². The number of carbonyl (C=O) groups excluding carboxylic acids is 1. The van der Waals surface area contributed by atoms with Gasteiger partial charge in [-0.25, -0.2) is 9.97 Å². The molecule has 6 heteroatoms. The maximum Gasteiger partial charge on any atom is 0.255 e. The van der Waals surface area contributed by atoms with Crippen LogP contribution < -0.4 is 10.2 Å². The Morgan fingerprint density at radius 3 is 2.26 bits per heavy atom. The van der Waals surface area contributed by atoms with E-state index < -0.39 is 0 Å². The molecule has 0 aliphatic carbocycles. The third-order valence-corrected chi connectivity index (χ3v) is 4.00. The molecule has 1 aliphatic rings. The maximum absolute atomic E-state index is 12.2. The number of aromatic nitrogens is 2. The fourth-order valence-electron chi connectivity index (χ4n) is 2.46. The Hall–Kier alpha value is -2.47. The molecule has 3 rings (SSSR count). The van der Waals surface area contributed by atoms with Crippen LogP contribution in [-0.4, -0.2) is 54.0 Å². The quantitative estimate of drug-likeness (QED) is 0.936. The number of anilines is 2. The van der Waals surface area contributed by atoms with Crippen molar-refractivity contribution in [3.63, 3.8) is 0 Å². The molecule has 1 aliphatic heterocycles. The smallest absolute Gasteiger partial charge is 0.255 e. The Morgan fingerprint density at radius 2 is 1.65 bits per heavy atom. The number of likely N-dealkylation sites (N-methyl/N-ethyl adjacent to an activating group) is 1. The number of amides is 1. The topological polar surface area (TPSA) is 61.4 Å². The second-order valence-corrected chi connectivity index (χ2v) is 5.88. The summed E-state index contributed by atoms with van der Waals surface area (Å²) in [7, 11) is 2.11. The van der Waals surface area contributed by atoms with Crippen LogP contribution in [0.1, 0.15) is 15.9 Å². The predicted octanol–water partition coefficient (Wildman–Crippen LogP) is 1.79. The van der Waals surface area contributed by atoms with Gasteiger partial charge in [-0.15, -0.1) is 0 Å². The molecule has 0 unspecified atom stereocenters. The lowest BCUT2D eigenvalue weighted by atomic mass is 10.1. The summed E-state index contributed by atoms with van der Waals surface area (Å²) in [6.45, 7) is 5.86. The van der Waals surface area contributed by atoms with Crippen molar-refractivity contribution in [2.75, 3.05) is 43.4 Å². The minimum atomic E-state index is -0.152. The first kappa shape index (κ1) is 15.4. The number of carbonyl (C=O) groups is 1. The van der Waals surface area contributed by atoms with E-state index in [0.717, 1.165) is 31.7 Å². The second-order valence-electron chi connectivity index (χ2n) is 5.88. The van der Waals surface area contributed by atoms with Crippen molar-refractivity contribution in [3.05, 3.63) is 47.8 Å². The van der Waals surface area contributed by atoms with Crippen LogP contribution in [0.5, 0.6) is 0 Å². The molecule has 23 heavy (non-hydrogen) atoms. The van der Waals surface area contributed by atoms with E-state index in [1.54, 1.807) is 12.4 Å². The van der Waals surface area contributed by atoms with E-state index >= 15 is 0 Å². The van der Waals surface area contributed by atoms with Crippen LogP contribution in [0, 0.1) is 6.92 Å². The molecule has 0 atom stereocenters. The molecular weight excluding hydrogens is 290 g/mol. The van der Waals surface area contributed by atoms with Gasteiger partial charge in [0.15, 0.2) is 0 Å². The molecule has 120 valence electrons. The summed E-state index contributed by atoms with van der Waals surface area (Å²) in [6.07, 6.45) is 3.32. The van der Waals surface area contributed by atoms with E-state index in [1.807, 2.05) is 31.2 Å². The third kappa shape index (κ3) is 3.84. The van der Waals surface area contributed by atoms with Crippen molar-refractivity contribution in [1.29, 1.82) is 0 Å². The molecule has 1 N–H and O–H groups in total. The van der Waals surface area contributed by atoms with Crippen molar-refractivity contribution < 1.29 is 4.79 Å². The van der Waals surface area contributed by atoms with E-state index in [-0.39, 0.29) is 5.91 Å². The summed E-state index contributed by atoms with van der Waals surface area (Å²) in [5, 5.41) is 2.82. The number of nitrogens with one attached hydrogen (secondary N) is 1. The Morgan fingerprint density at radius 1 is 1.04 bits per heavy atom. The number of aryl methyl sites for hydroxylation is 1. The largest absolute Gasteiger partial charge is 0.338 e. The van der Waals surface area contributed by atoms with Gasteiger partial charge in [-0.3, -0.25) is 4.79 Å². The van der Waals surface area contributed by atoms with Crippen LogP contribution in [-0.2, 0) is 0 Å². The van der Waals surface area contributed by atoms with Crippen LogP contribution in [0.25, 0.3) is 0 Å². The number of rotatable bonds is 3. The maximum atomic E-state index is 12.2. The van der Waals surface area contributed by atoms with Crippen molar-refractivity contribution in [2.24, 2.45) is 0 Å². The van der Waals surface area contributed by atoms with Gasteiger partial charge in [-0.05, 0) is 26.1 Å². The molecule has 6 nitrogen and oxygen atoms in total. The molecular formula is C17H21N5O. The normalized spacial score (nSPS) is 15.5. The highest BCUT2D eigenvalue weighted by atomic mass is 16.1. The molecule has 1 amide bonds. The molecule has 1 aromatic carbocycles. The Bertz CT molecular complexity index is 660. The lowest BCUT2D eigenvalue weighted by Gasteiger charge is -2.32. The summed E-state index contributed by atoms with van der Waals surface area (Å²) in [5.41, 5.74) is 2.36. The van der Waals surface area contributed by atoms with Crippen LogP contribution in [0.4, 0.5) is 11.6 Å². The SMILES string of the molecule is Cc1ccc(C(=O)Nc2cnc(N3CCN(C)CC3)nc2)cc1. The summed E-state index contributed by atoms with van der Waals surface area (Å²) in [5.74, 6) is 0.562. The van der Waals surface area contributed by atoms with Crippen molar-refractivity contribution in [1.82, 2.24) is 14.9 Å². The third-order valence-electron chi connectivity index (χ3n) is 4.00. The molecule has 0 bridgehead atoms. The lowest BCUT2D eigenvalue weighted by molar-refractivity contribution is 0.102. The van der Waals surface area contributed by atoms with E-state index in [9.17, 15) is 4.79 Å². The van der Waals surface area contributed by atoms with Gasteiger partial charge >= 0.3 is 0 Å². The predicted molar refractivity (Wildman–Crippen MR) is 90.9 cm³/mol.